The van der Waals surface area contributed by atoms with Crippen LogP contribution in [0.3, 0.4) is 0 Å². The molecule has 0 aliphatic carbocycles. The molecule has 106 valence electrons. The second-order valence-corrected chi connectivity index (χ2v) is 5.69. The highest BCUT2D eigenvalue weighted by molar-refractivity contribution is 5.34. The summed E-state index contributed by atoms with van der Waals surface area (Å²) in [7, 11) is 0. The van der Waals surface area contributed by atoms with Crippen molar-refractivity contribution >= 4 is 0 Å². The van der Waals surface area contributed by atoms with E-state index in [1.807, 2.05) is 0 Å². The molecule has 1 N–H and O–H groups in total. The Balaban J connectivity index is 2.21. The average Bonchev–Trinajstić information content (AvgIpc) is 2.47. The molecule has 2 rings (SSSR count). The molecule has 0 amide bonds. The molecule has 1 aliphatic rings. The number of piperidine rings is 1. The Morgan fingerprint density at radius 1 is 1.16 bits per heavy atom. The van der Waals surface area contributed by atoms with Crippen molar-refractivity contribution in [1.82, 2.24) is 10.2 Å². The van der Waals surface area contributed by atoms with E-state index >= 15 is 0 Å². The van der Waals surface area contributed by atoms with E-state index in [1.54, 1.807) is 11.1 Å². The Kier molecular flexibility index (Phi) is 5.41. The van der Waals surface area contributed by atoms with E-state index in [-0.39, 0.29) is 0 Å². The number of nitrogens with zero attached hydrogens (tertiary/aromatic N) is 1. The van der Waals surface area contributed by atoms with Crippen LogP contribution in [0.4, 0.5) is 0 Å². The molecular weight excluding hydrogens is 232 g/mol. The number of aryl methyl sites for hydroxylation is 1. The lowest BCUT2D eigenvalue weighted by molar-refractivity contribution is 0.293. The Hall–Kier alpha value is -0.860. The largest absolute Gasteiger partial charge is 0.317 e. The van der Waals surface area contributed by atoms with Gasteiger partial charge in [-0.1, -0.05) is 37.6 Å². The first-order valence-electron chi connectivity index (χ1n) is 7.77. The van der Waals surface area contributed by atoms with Crippen LogP contribution in [0.2, 0.25) is 0 Å². The molecule has 1 aromatic carbocycles. The van der Waals surface area contributed by atoms with Crippen LogP contribution in [-0.4, -0.2) is 31.1 Å². The molecule has 1 fully saturated rings. The van der Waals surface area contributed by atoms with Gasteiger partial charge >= 0.3 is 0 Å². The van der Waals surface area contributed by atoms with E-state index in [4.69, 9.17) is 0 Å². The van der Waals surface area contributed by atoms with Gasteiger partial charge in [-0.05, 0) is 63.0 Å². The van der Waals surface area contributed by atoms with Crippen LogP contribution in [0.5, 0.6) is 0 Å². The molecule has 0 bridgehead atoms. The van der Waals surface area contributed by atoms with Gasteiger partial charge in [0.2, 0.25) is 0 Å². The normalized spacial score (nSPS) is 17.1. The molecule has 0 atom stereocenters. The molecule has 1 aromatic rings. The van der Waals surface area contributed by atoms with Gasteiger partial charge in [0.05, 0.1) is 0 Å². The summed E-state index contributed by atoms with van der Waals surface area (Å²) in [6.07, 6.45) is 2.57. The van der Waals surface area contributed by atoms with Gasteiger partial charge in [-0.3, -0.25) is 4.90 Å². The third kappa shape index (κ3) is 3.80. The van der Waals surface area contributed by atoms with Crippen molar-refractivity contribution in [2.45, 2.75) is 46.1 Å². The quantitative estimate of drug-likeness (QED) is 0.874. The second-order valence-electron chi connectivity index (χ2n) is 5.69. The maximum Gasteiger partial charge on any atom is 0.0236 e. The average molecular weight is 260 g/mol. The fourth-order valence-corrected chi connectivity index (χ4v) is 3.06. The zero-order valence-corrected chi connectivity index (χ0v) is 12.7. The molecule has 2 nitrogen and oxygen atoms in total. The zero-order valence-electron chi connectivity index (χ0n) is 12.7. The van der Waals surface area contributed by atoms with Gasteiger partial charge in [0.1, 0.15) is 0 Å². The summed E-state index contributed by atoms with van der Waals surface area (Å²) in [6.45, 7) is 12.4. The van der Waals surface area contributed by atoms with E-state index in [2.05, 4.69) is 49.2 Å². The summed E-state index contributed by atoms with van der Waals surface area (Å²) in [6, 6.07) is 7.04. The molecule has 0 unspecified atom stereocenters. The van der Waals surface area contributed by atoms with Gasteiger partial charge in [0, 0.05) is 6.54 Å². The van der Waals surface area contributed by atoms with E-state index in [0.717, 1.165) is 25.6 Å². The van der Waals surface area contributed by atoms with Gasteiger partial charge in [-0.25, -0.2) is 0 Å². The van der Waals surface area contributed by atoms with Gasteiger partial charge in [-0.2, -0.15) is 0 Å². The minimum Gasteiger partial charge on any atom is -0.317 e. The van der Waals surface area contributed by atoms with Crippen molar-refractivity contribution in [3.63, 3.8) is 0 Å². The molecule has 1 heterocycles. The lowest BCUT2D eigenvalue weighted by Crippen LogP contribution is -2.28. The minimum atomic E-state index is 0.756. The topological polar surface area (TPSA) is 15.3 Å². The number of hydrogen-bond donors (Lipinski definition) is 1. The third-order valence-electron chi connectivity index (χ3n) is 4.37. The summed E-state index contributed by atoms with van der Waals surface area (Å²) in [5.74, 6) is 0.756. The number of hydrogen-bond acceptors (Lipinski definition) is 2. The molecule has 0 aromatic heterocycles. The second kappa shape index (κ2) is 7.06. The Morgan fingerprint density at radius 2 is 1.84 bits per heavy atom. The summed E-state index contributed by atoms with van der Waals surface area (Å²) < 4.78 is 0. The van der Waals surface area contributed by atoms with Crippen LogP contribution >= 0.6 is 0 Å². The van der Waals surface area contributed by atoms with Crippen molar-refractivity contribution < 1.29 is 0 Å². The van der Waals surface area contributed by atoms with Crippen LogP contribution in [0.1, 0.15) is 49.3 Å². The van der Waals surface area contributed by atoms with Gasteiger partial charge in [0.15, 0.2) is 0 Å². The molecule has 1 saturated heterocycles. The fourth-order valence-electron chi connectivity index (χ4n) is 3.06. The Bertz CT molecular complexity index is 390. The zero-order chi connectivity index (χ0) is 13.7. The molecule has 0 spiro atoms. The maximum atomic E-state index is 3.47. The SMILES string of the molecule is CCN(CC)Cc1ccc(C)cc1C1CCNCC1. The summed E-state index contributed by atoms with van der Waals surface area (Å²) in [5, 5.41) is 3.47. The number of benzene rings is 1. The molecule has 0 saturated carbocycles. The smallest absolute Gasteiger partial charge is 0.0236 e. The molecule has 19 heavy (non-hydrogen) atoms. The van der Waals surface area contributed by atoms with E-state index in [0.29, 0.717) is 0 Å². The predicted molar refractivity (Wildman–Crippen MR) is 82.6 cm³/mol. The van der Waals surface area contributed by atoms with E-state index in [1.165, 1.54) is 31.5 Å². The van der Waals surface area contributed by atoms with Crippen molar-refractivity contribution in [3.05, 3.63) is 34.9 Å². The predicted octanol–water partition coefficient (Wildman–Crippen LogP) is 3.30. The number of rotatable bonds is 5. The Morgan fingerprint density at radius 3 is 2.47 bits per heavy atom. The first-order valence-corrected chi connectivity index (χ1v) is 7.77. The first kappa shape index (κ1) is 14.5. The van der Waals surface area contributed by atoms with Crippen molar-refractivity contribution in [1.29, 1.82) is 0 Å². The lowest BCUT2D eigenvalue weighted by atomic mass is 9.86. The summed E-state index contributed by atoms with van der Waals surface area (Å²) in [4.78, 5) is 2.51. The highest BCUT2D eigenvalue weighted by Crippen LogP contribution is 2.29. The fraction of sp³-hybridized carbons (Fsp3) is 0.647. The van der Waals surface area contributed by atoms with Crippen LogP contribution < -0.4 is 5.32 Å². The van der Waals surface area contributed by atoms with Crippen LogP contribution in [0.25, 0.3) is 0 Å². The monoisotopic (exact) mass is 260 g/mol. The summed E-state index contributed by atoms with van der Waals surface area (Å²) in [5.41, 5.74) is 4.55. The van der Waals surface area contributed by atoms with Crippen LogP contribution in [-0.2, 0) is 6.54 Å². The molecule has 0 radical (unpaired) electrons. The summed E-state index contributed by atoms with van der Waals surface area (Å²) >= 11 is 0. The number of nitrogens with one attached hydrogen (secondary N) is 1. The van der Waals surface area contributed by atoms with Crippen LogP contribution in [0.15, 0.2) is 18.2 Å². The highest BCUT2D eigenvalue weighted by atomic mass is 15.1. The van der Waals surface area contributed by atoms with Crippen molar-refractivity contribution in [2.24, 2.45) is 0 Å². The third-order valence-corrected chi connectivity index (χ3v) is 4.37. The molecular formula is C17H28N2. The van der Waals surface area contributed by atoms with Gasteiger partial charge in [-0.15, -0.1) is 0 Å². The van der Waals surface area contributed by atoms with Crippen molar-refractivity contribution in [2.75, 3.05) is 26.2 Å². The molecule has 1 aliphatic heterocycles. The lowest BCUT2D eigenvalue weighted by Gasteiger charge is -2.27. The highest BCUT2D eigenvalue weighted by Gasteiger charge is 2.18. The maximum absolute atomic E-state index is 3.47. The standard InChI is InChI=1S/C17H28N2/c1-4-19(5-2)13-16-7-6-14(3)12-17(16)15-8-10-18-11-9-15/h6-7,12,15,18H,4-5,8-11,13H2,1-3H3. The van der Waals surface area contributed by atoms with E-state index in [9.17, 15) is 0 Å². The van der Waals surface area contributed by atoms with Crippen LogP contribution in [0, 0.1) is 6.92 Å². The van der Waals surface area contributed by atoms with Gasteiger partial charge < -0.3 is 5.32 Å². The minimum absolute atomic E-state index is 0.756. The first-order chi connectivity index (χ1) is 9.24. The Labute approximate surface area is 118 Å². The van der Waals surface area contributed by atoms with Gasteiger partial charge in [0.25, 0.3) is 0 Å². The molecule has 2 heteroatoms. The van der Waals surface area contributed by atoms with Crippen molar-refractivity contribution in [3.8, 4) is 0 Å². The van der Waals surface area contributed by atoms with E-state index < -0.39 is 0 Å².